The van der Waals surface area contributed by atoms with Crippen LogP contribution < -0.4 is 4.74 Å². The first kappa shape index (κ1) is 22.2. The fraction of sp³-hybridized carbons (Fsp3) is 0.429. The summed E-state index contributed by atoms with van der Waals surface area (Å²) in [7, 11) is 1.71. The number of ether oxygens (including phenoxy) is 1. The molecule has 30 heavy (non-hydrogen) atoms. The molecule has 0 saturated heterocycles. The zero-order valence-corrected chi connectivity index (χ0v) is 18.7. The van der Waals surface area contributed by atoms with Gasteiger partial charge in [-0.25, -0.2) is 4.98 Å². The van der Waals surface area contributed by atoms with Crippen molar-refractivity contribution in [2.75, 3.05) is 26.7 Å². The Kier molecular flexibility index (Phi) is 7.04. The molecule has 3 heterocycles. The highest BCUT2D eigenvalue weighted by Crippen LogP contribution is 2.28. The fourth-order valence-electron chi connectivity index (χ4n) is 3.36. The second-order valence-electron chi connectivity index (χ2n) is 7.56. The third kappa shape index (κ3) is 4.79. The number of halogens is 1. The summed E-state index contributed by atoms with van der Waals surface area (Å²) < 4.78 is 6.80. The molecule has 0 unspecified atom stereocenters. The smallest absolute Gasteiger partial charge is 0.259 e. The minimum atomic E-state index is -0.399. The SMILES string of the molecule is C[C@@H]1CN([C@H](C)CO)C(=O)c2cc(Br)cnc2O[C@@H]1CN(C)C(=O)c1cccnc1. The highest BCUT2D eigenvalue weighted by molar-refractivity contribution is 9.10. The summed E-state index contributed by atoms with van der Waals surface area (Å²) in [6.45, 7) is 4.29. The second kappa shape index (κ2) is 9.53. The molecular weight excluding hydrogens is 452 g/mol. The number of hydrogen-bond acceptors (Lipinski definition) is 6. The van der Waals surface area contributed by atoms with Gasteiger partial charge in [0.1, 0.15) is 11.7 Å². The van der Waals surface area contributed by atoms with Crippen LogP contribution in [0.2, 0.25) is 0 Å². The zero-order chi connectivity index (χ0) is 21.8. The van der Waals surface area contributed by atoms with Gasteiger partial charge in [0.25, 0.3) is 11.8 Å². The average Bonchev–Trinajstić information content (AvgIpc) is 2.76. The molecule has 2 aromatic rings. The van der Waals surface area contributed by atoms with Gasteiger partial charge in [-0.05, 0) is 41.1 Å². The van der Waals surface area contributed by atoms with Gasteiger partial charge in [0.2, 0.25) is 5.88 Å². The van der Waals surface area contributed by atoms with Crippen molar-refractivity contribution in [3.8, 4) is 5.88 Å². The molecule has 3 atom stereocenters. The first-order valence-electron chi connectivity index (χ1n) is 9.71. The average molecular weight is 477 g/mol. The number of nitrogens with zero attached hydrogens (tertiary/aromatic N) is 4. The first-order chi connectivity index (χ1) is 14.3. The monoisotopic (exact) mass is 476 g/mol. The Labute approximate surface area is 184 Å². The number of aliphatic hydroxyl groups excluding tert-OH is 1. The fourth-order valence-corrected chi connectivity index (χ4v) is 3.69. The maximum Gasteiger partial charge on any atom is 0.259 e. The van der Waals surface area contributed by atoms with Crippen LogP contribution >= 0.6 is 15.9 Å². The van der Waals surface area contributed by atoms with Gasteiger partial charge in [-0.1, -0.05) is 6.92 Å². The molecule has 0 bridgehead atoms. The molecule has 0 radical (unpaired) electrons. The van der Waals surface area contributed by atoms with Crippen molar-refractivity contribution in [3.05, 3.63) is 52.4 Å². The van der Waals surface area contributed by atoms with Gasteiger partial charge in [0.05, 0.1) is 24.8 Å². The molecule has 2 aromatic heterocycles. The minimum Gasteiger partial charge on any atom is -0.472 e. The van der Waals surface area contributed by atoms with Crippen molar-refractivity contribution in [2.45, 2.75) is 26.0 Å². The Morgan fingerprint density at radius 1 is 1.47 bits per heavy atom. The lowest BCUT2D eigenvalue weighted by Gasteiger charge is -2.37. The molecule has 0 spiro atoms. The van der Waals surface area contributed by atoms with E-state index in [0.29, 0.717) is 28.7 Å². The molecule has 0 saturated carbocycles. The van der Waals surface area contributed by atoms with E-state index < -0.39 is 6.10 Å². The quantitative estimate of drug-likeness (QED) is 0.710. The first-order valence-corrected chi connectivity index (χ1v) is 10.5. The summed E-state index contributed by atoms with van der Waals surface area (Å²) in [4.78, 5) is 37.4. The van der Waals surface area contributed by atoms with Crippen LogP contribution in [0.25, 0.3) is 0 Å². The van der Waals surface area contributed by atoms with E-state index >= 15 is 0 Å². The van der Waals surface area contributed by atoms with Crippen molar-refractivity contribution in [1.29, 1.82) is 0 Å². The van der Waals surface area contributed by atoms with E-state index in [2.05, 4.69) is 25.9 Å². The van der Waals surface area contributed by atoms with E-state index in [0.717, 1.165) is 0 Å². The minimum absolute atomic E-state index is 0.106. The number of carbonyl (C=O) groups is 2. The van der Waals surface area contributed by atoms with Crippen molar-refractivity contribution in [1.82, 2.24) is 19.8 Å². The van der Waals surface area contributed by atoms with Crippen molar-refractivity contribution >= 4 is 27.7 Å². The lowest BCUT2D eigenvalue weighted by atomic mass is 10.00. The van der Waals surface area contributed by atoms with E-state index in [1.807, 2.05) is 6.92 Å². The van der Waals surface area contributed by atoms with Crippen molar-refractivity contribution in [2.24, 2.45) is 5.92 Å². The molecule has 1 aliphatic rings. The maximum absolute atomic E-state index is 13.1. The van der Waals surface area contributed by atoms with Crippen LogP contribution in [0.1, 0.15) is 34.6 Å². The van der Waals surface area contributed by atoms with E-state index in [1.54, 1.807) is 54.4 Å². The number of hydrogen-bond donors (Lipinski definition) is 1. The van der Waals surface area contributed by atoms with E-state index in [9.17, 15) is 14.7 Å². The number of fused-ring (bicyclic) bond motifs is 1. The Morgan fingerprint density at radius 2 is 2.23 bits per heavy atom. The Balaban J connectivity index is 1.90. The lowest BCUT2D eigenvalue weighted by molar-refractivity contribution is 0.0313. The molecule has 8 nitrogen and oxygen atoms in total. The van der Waals surface area contributed by atoms with Crippen LogP contribution in [0.5, 0.6) is 5.88 Å². The Bertz CT molecular complexity index is 911. The summed E-state index contributed by atoms with van der Waals surface area (Å²) >= 11 is 3.35. The molecule has 9 heteroatoms. The predicted octanol–water partition coefficient (Wildman–Crippen LogP) is 2.23. The summed E-state index contributed by atoms with van der Waals surface area (Å²) in [5.41, 5.74) is 0.814. The highest BCUT2D eigenvalue weighted by atomic mass is 79.9. The lowest BCUT2D eigenvalue weighted by Crippen LogP contribution is -2.50. The topological polar surface area (TPSA) is 95.9 Å². The second-order valence-corrected chi connectivity index (χ2v) is 8.47. The molecule has 3 rings (SSSR count). The van der Waals surface area contributed by atoms with Gasteiger partial charge >= 0.3 is 0 Å². The third-order valence-electron chi connectivity index (χ3n) is 5.20. The molecule has 160 valence electrons. The normalized spacial score (nSPS) is 19.9. The number of pyridine rings is 2. The van der Waals surface area contributed by atoms with E-state index in [4.69, 9.17) is 4.74 Å². The summed E-state index contributed by atoms with van der Waals surface area (Å²) in [6, 6.07) is 4.74. The van der Waals surface area contributed by atoms with Gasteiger partial charge in [0.15, 0.2) is 0 Å². The zero-order valence-electron chi connectivity index (χ0n) is 17.2. The van der Waals surface area contributed by atoms with Crippen LogP contribution in [0.15, 0.2) is 41.3 Å². The standard InChI is InChI=1S/C21H25BrN4O4/c1-13-10-26(14(2)12-27)21(29)17-7-16(22)9-24-19(17)30-18(13)11-25(3)20(28)15-5-4-6-23-8-15/h4-9,13-14,18,27H,10-12H2,1-3H3/t13-,14-,18-/m1/s1. The van der Waals surface area contributed by atoms with Gasteiger partial charge in [0, 0.05) is 42.6 Å². The van der Waals surface area contributed by atoms with Crippen LogP contribution in [-0.2, 0) is 0 Å². The molecule has 0 aliphatic carbocycles. The maximum atomic E-state index is 13.1. The number of aromatic nitrogens is 2. The number of carbonyl (C=O) groups excluding carboxylic acids is 2. The number of amides is 2. The predicted molar refractivity (Wildman–Crippen MR) is 114 cm³/mol. The Hall–Kier alpha value is -2.52. The number of rotatable bonds is 5. The molecular formula is C21H25BrN4O4. The van der Waals surface area contributed by atoms with Gasteiger partial charge in [-0.3, -0.25) is 14.6 Å². The van der Waals surface area contributed by atoms with Crippen LogP contribution in [0.4, 0.5) is 0 Å². The largest absolute Gasteiger partial charge is 0.472 e. The van der Waals surface area contributed by atoms with Gasteiger partial charge < -0.3 is 19.6 Å². The van der Waals surface area contributed by atoms with E-state index in [-0.39, 0.29) is 36.3 Å². The third-order valence-corrected chi connectivity index (χ3v) is 5.63. The Morgan fingerprint density at radius 3 is 2.90 bits per heavy atom. The highest BCUT2D eigenvalue weighted by Gasteiger charge is 2.34. The molecule has 1 aliphatic heterocycles. The molecule has 0 fully saturated rings. The number of aliphatic hydroxyl groups is 1. The summed E-state index contributed by atoms with van der Waals surface area (Å²) in [6.07, 6.45) is 4.31. The summed E-state index contributed by atoms with van der Waals surface area (Å²) in [5, 5.41) is 9.66. The van der Waals surface area contributed by atoms with Crippen molar-refractivity contribution < 1.29 is 19.4 Å². The van der Waals surface area contributed by atoms with Crippen LogP contribution in [0, 0.1) is 5.92 Å². The molecule has 2 amide bonds. The van der Waals surface area contributed by atoms with Crippen LogP contribution in [0.3, 0.4) is 0 Å². The van der Waals surface area contributed by atoms with Gasteiger partial charge in [-0.2, -0.15) is 0 Å². The van der Waals surface area contributed by atoms with Crippen molar-refractivity contribution in [3.63, 3.8) is 0 Å². The summed E-state index contributed by atoms with van der Waals surface area (Å²) in [5.74, 6) is -0.296. The number of likely N-dealkylation sites (N-methyl/N-ethyl adjacent to an activating group) is 1. The molecule has 0 aromatic carbocycles. The van der Waals surface area contributed by atoms with Crippen LogP contribution in [-0.4, -0.2) is 75.6 Å². The van der Waals surface area contributed by atoms with Gasteiger partial charge in [-0.15, -0.1) is 0 Å². The van der Waals surface area contributed by atoms with E-state index in [1.165, 1.54) is 6.20 Å². The molecule has 1 N–H and O–H groups in total.